The molecule has 0 saturated carbocycles. The number of aryl methyl sites for hydroxylation is 1. The predicted octanol–water partition coefficient (Wildman–Crippen LogP) is 0.859. The van der Waals surface area contributed by atoms with Gasteiger partial charge in [-0.3, -0.25) is 0 Å². The van der Waals surface area contributed by atoms with Crippen LogP contribution in [0.1, 0.15) is 12.0 Å². The van der Waals surface area contributed by atoms with Crippen molar-refractivity contribution in [3.05, 3.63) is 29.8 Å². The van der Waals surface area contributed by atoms with Crippen molar-refractivity contribution in [1.82, 2.24) is 0 Å². The topological polar surface area (TPSA) is 73.6 Å². The van der Waals surface area contributed by atoms with Gasteiger partial charge >= 0.3 is 0 Å². The van der Waals surface area contributed by atoms with E-state index in [9.17, 15) is 0 Å². The van der Waals surface area contributed by atoms with Crippen molar-refractivity contribution in [2.45, 2.75) is 12.8 Å². The van der Waals surface area contributed by atoms with Crippen molar-refractivity contribution in [2.24, 2.45) is 16.7 Å². The molecule has 4 nitrogen and oxygen atoms in total. The molecule has 0 atom stereocenters. The Morgan fingerprint density at radius 1 is 1.36 bits per heavy atom. The van der Waals surface area contributed by atoms with Gasteiger partial charge in [0, 0.05) is 6.42 Å². The minimum atomic E-state index is 0.473. The maximum atomic E-state index is 5.48. The third-order valence-corrected chi connectivity index (χ3v) is 1.99. The second-order valence-corrected chi connectivity index (χ2v) is 2.97. The molecule has 1 rings (SSSR count). The zero-order valence-electron chi connectivity index (χ0n) is 8.23. The Bertz CT molecular complexity index is 306. The maximum absolute atomic E-state index is 5.48. The molecular weight excluding hydrogens is 178 g/mol. The van der Waals surface area contributed by atoms with Crippen LogP contribution in [0.3, 0.4) is 0 Å². The summed E-state index contributed by atoms with van der Waals surface area (Å²) < 4.78 is 5.05. The van der Waals surface area contributed by atoms with Gasteiger partial charge in [-0.05, 0) is 24.1 Å². The lowest BCUT2D eigenvalue weighted by atomic mass is 10.1. The Labute approximate surface area is 83.5 Å². The molecule has 0 unspecified atom stereocenters. The first kappa shape index (κ1) is 10.4. The Morgan fingerprint density at radius 3 is 2.50 bits per heavy atom. The first-order valence-corrected chi connectivity index (χ1v) is 4.41. The summed E-state index contributed by atoms with van der Waals surface area (Å²) >= 11 is 0. The number of amidine groups is 1. The second kappa shape index (κ2) is 5.11. The number of ether oxygens (including phenoxy) is 1. The summed E-state index contributed by atoms with van der Waals surface area (Å²) in [6, 6.07) is 7.85. The minimum absolute atomic E-state index is 0.473. The monoisotopic (exact) mass is 193 g/mol. The van der Waals surface area contributed by atoms with E-state index in [2.05, 4.69) is 5.10 Å². The molecule has 0 aliphatic rings. The largest absolute Gasteiger partial charge is 0.497 e. The molecule has 0 spiro atoms. The molecule has 4 heteroatoms. The van der Waals surface area contributed by atoms with Crippen LogP contribution in [0.4, 0.5) is 0 Å². The number of rotatable bonds is 4. The molecule has 76 valence electrons. The van der Waals surface area contributed by atoms with Gasteiger partial charge in [0.25, 0.3) is 0 Å². The molecule has 0 aliphatic heterocycles. The van der Waals surface area contributed by atoms with E-state index in [1.807, 2.05) is 24.3 Å². The van der Waals surface area contributed by atoms with E-state index in [-0.39, 0.29) is 0 Å². The van der Waals surface area contributed by atoms with Crippen molar-refractivity contribution in [3.8, 4) is 5.75 Å². The van der Waals surface area contributed by atoms with Gasteiger partial charge in [-0.25, -0.2) is 0 Å². The summed E-state index contributed by atoms with van der Waals surface area (Å²) in [4.78, 5) is 0. The number of hydrogen-bond donors (Lipinski definition) is 2. The fraction of sp³-hybridized carbons (Fsp3) is 0.300. The molecule has 0 saturated heterocycles. The van der Waals surface area contributed by atoms with E-state index in [4.69, 9.17) is 16.3 Å². The van der Waals surface area contributed by atoms with Crippen molar-refractivity contribution < 1.29 is 4.74 Å². The van der Waals surface area contributed by atoms with Gasteiger partial charge < -0.3 is 16.3 Å². The normalized spacial score (nSPS) is 11.4. The third kappa shape index (κ3) is 2.97. The molecule has 1 aromatic rings. The van der Waals surface area contributed by atoms with E-state index in [0.717, 1.165) is 12.2 Å². The summed E-state index contributed by atoms with van der Waals surface area (Å²) in [6.07, 6.45) is 1.53. The summed E-state index contributed by atoms with van der Waals surface area (Å²) in [6.45, 7) is 0. The van der Waals surface area contributed by atoms with Crippen LogP contribution in [-0.4, -0.2) is 12.9 Å². The first-order chi connectivity index (χ1) is 6.76. The molecule has 0 fully saturated rings. The van der Waals surface area contributed by atoms with Gasteiger partial charge in [0.2, 0.25) is 0 Å². The zero-order valence-corrected chi connectivity index (χ0v) is 8.23. The summed E-state index contributed by atoms with van der Waals surface area (Å²) in [5.74, 6) is 6.35. The van der Waals surface area contributed by atoms with E-state index in [0.29, 0.717) is 12.3 Å². The molecular formula is C10H15N3O. The van der Waals surface area contributed by atoms with Crippen LogP contribution in [0.15, 0.2) is 29.4 Å². The van der Waals surface area contributed by atoms with E-state index in [1.54, 1.807) is 7.11 Å². The minimum Gasteiger partial charge on any atom is -0.497 e. The molecule has 4 N–H and O–H groups in total. The van der Waals surface area contributed by atoms with Gasteiger partial charge in [-0.15, -0.1) is 0 Å². The van der Waals surface area contributed by atoms with Gasteiger partial charge in [0.1, 0.15) is 11.6 Å². The van der Waals surface area contributed by atoms with Crippen molar-refractivity contribution in [3.63, 3.8) is 0 Å². The van der Waals surface area contributed by atoms with Crippen LogP contribution in [0.2, 0.25) is 0 Å². The number of benzene rings is 1. The molecule has 0 radical (unpaired) electrons. The molecule has 0 amide bonds. The van der Waals surface area contributed by atoms with Crippen molar-refractivity contribution >= 4 is 5.84 Å². The summed E-state index contributed by atoms with van der Waals surface area (Å²) in [5.41, 5.74) is 6.67. The van der Waals surface area contributed by atoms with Crippen LogP contribution >= 0.6 is 0 Å². The highest BCUT2D eigenvalue weighted by Crippen LogP contribution is 2.12. The molecule has 0 heterocycles. The summed E-state index contributed by atoms with van der Waals surface area (Å²) in [5, 5.41) is 3.41. The van der Waals surface area contributed by atoms with E-state index in [1.165, 1.54) is 5.56 Å². The smallest absolute Gasteiger partial charge is 0.119 e. The standard InChI is InChI=1S/C10H15N3O/c1-14-9-5-2-8(3-6-9)4-7-10(11)13-12/h2-3,5-6H,4,7,12H2,1H3,(H2,11,13). The number of hydrogen-bond acceptors (Lipinski definition) is 3. The SMILES string of the molecule is COc1ccc(CCC(N)=NN)cc1. The average Bonchev–Trinajstić information content (AvgIpc) is 2.26. The average molecular weight is 193 g/mol. The second-order valence-electron chi connectivity index (χ2n) is 2.97. The van der Waals surface area contributed by atoms with Crippen LogP contribution in [0, 0.1) is 0 Å². The van der Waals surface area contributed by atoms with Gasteiger partial charge in [0.05, 0.1) is 7.11 Å². The lowest BCUT2D eigenvalue weighted by Gasteiger charge is -2.02. The van der Waals surface area contributed by atoms with E-state index >= 15 is 0 Å². The van der Waals surface area contributed by atoms with Gasteiger partial charge in [0.15, 0.2) is 0 Å². The highest BCUT2D eigenvalue weighted by atomic mass is 16.5. The Hall–Kier alpha value is -1.71. The van der Waals surface area contributed by atoms with Crippen LogP contribution in [-0.2, 0) is 6.42 Å². The predicted molar refractivity (Wildman–Crippen MR) is 57.1 cm³/mol. The third-order valence-electron chi connectivity index (χ3n) is 1.99. The number of methoxy groups -OCH3 is 1. The lowest BCUT2D eigenvalue weighted by Crippen LogP contribution is -2.14. The Morgan fingerprint density at radius 2 is 2.00 bits per heavy atom. The molecule has 0 aromatic heterocycles. The fourth-order valence-corrected chi connectivity index (χ4v) is 1.13. The Balaban J connectivity index is 2.52. The van der Waals surface area contributed by atoms with Gasteiger partial charge in [-0.1, -0.05) is 12.1 Å². The lowest BCUT2D eigenvalue weighted by molar-refractivity contribution is 0.414. The maximum Gasteiger partial charge on any atom is 0.119 e. The molecule has 14 heavy (non-hydrogen) atoms. The van der Waals surface area contributed by atoms with Crippen molar-refractivity contribution in [1.29, 1.82) is 0 Å². The molecule has 0 bridgehead atoms. The molecule has 0 aliphatic carbocycles. The quantitative estimate of drug-likeness (QED) is 0.322. The number of nitrogens with two attached hydrogens (primary N) is 2. The fourth-order valence-electron chi connectivity index (χ4n) is 1.13. The van der Waals surface area contributed by atoms with Crippen LogP contribution in [0.25, 0.3) is 0 Å². The van der Waals surface area contributed by atoms with E-state index < -0.39 is 0 Å². The van der Waals surface area contributed by atoms with Gasteiger partial charge in [-0.2, -0.15) is 5.10 Å². The zero-order chi connectivity index (χ0) is 10.4. The number of hydrazone groups is 1. The Kier molecular flexibility index (Phi) is 3.79. The summed E-state index contributed by atoms with van der Waals surface area (Å²) in [7, 11) is 1.65. The highest BCUT2D eigenvalue weighted by molar-refractivity contribution is 5.80. The number of nitrogens with zero attached hydrogens (tertiary/aromatic N) is 1. The van der Waals surface area contributed by atoms with Crippen molar-refractivity contribution in [2.75, 3.05) is 7.11 Å². The first-order valence-electron chi connectivity index (χ1n) is 4.41. The molecule has 1 aromatic carbocycles. The highest BCUT2D eigenvalue weighted by Gasteiger charge is 1.96. The van der Waals surface area contributed by atoms with Crippen LogP contribution < -0.4 is 16.3 Å². The van der Waals surface area contributed by atoms with Crippen LogP contribution in [0.5, 0.6) is 5.75 Å².